The van der Waals surface area contributed by atoms with Gasteiger partial charge in [0.2, 0.25) is 0 Å². The molecule has 0 bridgehead atoms. The molecule has 3 rings (SSSR count). The molecule has 1 heterocycles. The van der Waals surface area contributed by atoms with Gasteiger partial charge in [-0.2, -0.15) is 0 Å². The van der Waals surface area contributed by atoms with E-state index in [-0.39, 0.29) is 12.1 Å². The second-order valence-electron chi connectivity index (χ2n) is 7.77. The van der Waals surface area contributed by atoms with Gasteiger partial charge < -0.3 is 15.4 Å². The lowest BCUT2D eigenvalue weighted by molar-refractivity contribution is 0.00534. The third-order valence-corrected chi connectivity index (χ3v) is 5.43. The summed E-state index contributed by atoms with van der Waals surface area (Å²) in [5, 5.41) is 6.18. The summed E-state index contributed by atoms with van der Waals surface area (Å²) in [7, 11) is 1.65. The Morgan fingerprint density at radius 1 is 1.10 bits per heavy atom. The van der Waals surface area contributed by atoms with Gasteiger partial charge in [-0.05, 0) is 43.0 Å². The molecule has 0 unspecified atom stereocenters. The molecule has 0 saturated carbocycles. The van der Waals surface area contributed by atoms with Gasteiger partial charge in [0.15, 0.2) is 5.96 Å². The Hall–Kier alpha value is -2.51. The van der Waals surface area contributed by atoms with Crippen LogP contribution in [0.25, 0.3) is 0 Å². The molecule has 1 fully saturated rings. The van der Waals surface area contributed by atoms with Gasteiger partial charge in [-0.1, -0.05) is 30.3 Å². The van der Waals surface area contributed by atoms with Gasteiger partial charge in [0.05, 0.1) is 6.10 Å². The largest absolute Gasteiger partial charge is 0.378 e. The first kappa shape index (κ1) is 23.2. The molecule has 168 valence electrons. The minimum absolute atomic E-state index is 0.168. The molecule has 0 spiro atoms. The summed E-state index contributed by atoms with van der Waals surface area (Å²) < 4.78 is 33.0. The zero-order chi connectivity index (χ0) is 21.9. The van der Waals surface area contributed by atoms with Crippen molar-refractivity contribution in [3.63, 3.8) is 0 Å². The number of aliphatic imine (C=N–C) groups is 1. The fourth-order valence-electron chi connectivity index (χ4n) is 3.68. The number of nitrogens with one attached hydrogen (secondary N) is 2. The maximum absolute atomic E-state index is 13.7. The molecule has 1 aliphatic rings. The third kappa shape index (κ3) is 7.92. The number of benzene rings is 2. The highest BCUT2D eigenvalue weighted by Gasteiger charge is 2.19. The van der Waals surface area contributed by atoms with Gasteiger partial charge >= 0.3 is 0 Å². The van der Waals surface area contributed by atoms with E-state index in [2.05, 4.69) is 44.8 Å². The number of nitrogens with zero attached hydrogens (tertiary/aromatic N) is 2. The average Bonchev–Trinajstić information content (AvgIpc) is 2.79. The van der Waals surface area contributed by atoms with Crippen LogP contribution >= 0.6 is 0 Å². The van der Waals surface area contributed by atoms with Crippen LogP contribution in [0.15, 0.2) is 53.5 Å². The molecule has 1 saturated heterocycles. The molecule has 0 atom stereocenters. The minimum atomic E-state index is -0.454. The fraction of sp³-hybridized carbons (Fsp3) is 0.458. The van der Waals surface area contributed by atoms with E-state index in [9.17, 15) is 8.78 Å². The van der Waals surface area contributed by atoms with E-state index in [1.807, 2.05) is 6.07 Å². The second kappa shape index (κ2) is 12.4. The van der Waals surface area contributed by atoms with Gasteiger partial charge in [-0.15, -0.1) is 0 Å². The van der Waals surface area contributed by atoms with Crippen LogP contribution in [0.3, 0.4) is 0 Å². The van der Waals surface area contributed by atoms with Gasteiger partial charge in [-0.25, -0.2) is 8.78 Å². The Morgan fingerprint density at radius 3 is 2.61 bits per heavy atom. The van der Waals surface area contributed by atoms with E-state index in [0.29, 0.717) is 25.2 Å². The molecule has 0 aromatic heterocycles. The topological polar surface area (TPSA) is 48.9 Å². The highest BCUT2D eigenvalue weighted by molar-refractivity contribution is 5.79. The molecule has 2 N–H and O–H groups in total. The number of hydrogen-bond donors (Lipinski definition) is 2. The molecule has 2 aromatic rings. The van der Waals surface area contributed by atoms with Crippen molar-refractivity contribution in [2.75, 3.05) is 33.3 Å². The number of ether oxygens (including phenoxy) is 1. The first-order chi connectivity index (χ1) is 15.1. The summed E-state index contributed by atoms with van der Waals surface area (Å²) in [4.78, 5) is 6.60. The number of likely N-dealkylation sites (tertiary alicyclic amines) is 1. The van der Waals surface area contributed by atoms with Crippen molar-refractivity contribution in [3.05, 3.63) is 71.3 Å². The molecule has 7 heteroatoms. The number of rotatable bonds is 9. The zero-order valence-corrected chi connectivity index (χ0v) is 18.1. The van der Waals surface area contributed by atoms with Crippen LogP contribution in [0.2, 0.25) is 0 Å². The van der Waals surface area contributed by atoms with E-state index in [1.54, 1.807) is 7.05 Å². The van der Waals surface area contributed by atoms with Crippen molar-refractivity contribution in [3.8, 4) is 0 Å². The SMILES string of the molecule is CN=C(NCCCOC1CCN(Cc2ccccc2)CC1)NCc1cc(F)ccc1F. The summed E-state index contributed by atoms with van der Waals surface area (Å²) >= 11 is 0. The van der Waals surface area contributed by atoms with E-state index in [1.165, 1.54) is 11.6 Å². The monoisotopic (exact) mass is 430 g/mol. The van der Waals surface area contributed by atoms with Crippen molar-refractivity contribution in [2.24, 2.45) is 4.99 Å². The summed E-state index contributed by atoms with van der Waals surface area (Å²) in [6.45, 7) is 4.67. The summed E-state index contributed by atoms with van der Waals surface area (Å²) in [5.74, 6) is -0.338. The second-order valence-corrected chi connectivity index (χ2v) is 7.77. The summed E-state index contributed by atoms with van der Waals surface area (Å²) in [6, 6.07) is 14.0. The van der Waals surface area contributed by atoms with Crippen molar-refractivity contribution < 1.29 is 13.5 Å². The zero-order valence-electron chi connectivity index (χ0n) is 18.1. The van der Waals surface area contributed by atoms with Crippen molar-refractivity contribution in [1.29, 1.82) is 0 Å². The lowest BCUT2D eigenvalue weighted by atomic mass is 10.1. The lowest BCUT2D eigenvalue weighted by Gasteiger charge is -2.32. The van der Waals surface area contributed by atoms with E-state index in [4.69, 9.17) is 4.74 Å². The molecular weight excluding hydrogens is 398 g/mol. The Labute approximate surface area is 183 Å². The van der Waals surface area contributed by atoms with Crippen LogP contribution in [0.4, 0.5) is 8.78 Å². The van der Waals surface area contributed by atoms with Crippen LogP contribution in [0.5, 0.6) is 0 Å². The highest BCUT2D eigenvalue weighted by atomic mass is 19.1. The minimum Gasteiger partial charge on any atom is -0.378 e. The van der Waals surface area contributed by atoms with Gasteiger partial charge in [0, 0.05) is 51.9 Å². The predicted molar refractivity (Wildman–Crippen MR) is 120 cm³/mol. The first-order valence-electron chi connectivity index (χ1n) is 10.9. The van der Waals surface area contributed by atoms with Crippen molar-refractivity contribution in [1.82, 2.24) is 15.5 Å². The molecule has 31 heavy (non-hydrogen) atoms. The standard InChI is InChI=1S/C24H32F2N4O/c1-27-24(29-17-20-16-21(25)8-9-23(20)26)28-12-5-15-31-22-10-13-30(14-11-22)18-19-6-3-2-4-7-19/h2-4,6-9,16,22H,5,10-15,17-18H2,1H3,(H2,27,28,29). The Balaban J connectivity index is 1.26. The van der Waals surface area contributed by atoms with Gasteiger partial charge in [0.25, 0.3) is 0 Å². The molecular formula is C24H32F2N4O. The number of piperidine rings is 1. The van der Waals surface area contributed by atoms with Crippen LogP contribution in [-0.4, -0.2) is 50.3 Å². The van der Waals surface area contributed by atoms with Crippen LogP contribution in [0, 0.1) is 11.6 Å². The third-order valence-electron chi connectivity index (χ3n) is 5.43. The van der Waals surface area contributed by atoms with Gasteiger partial charge in [-0.3, -0.25) is 9.89 Å². The molecule has 2 aromatic carbocycles. The van der Waals surface area contributed by atoms with Crippen LogP contribution in [0.1, 0.15) is 30.4 Å². The Bertz CT molecular complexity index is 824. The summed E-state index contributed by atoms with van der Waals surface area (Å²) in [5.41, 5.74) is 1.62. The molecule has 0 aliphatic carbocycles. The summed E-state index contributed by atoms with van der Waals surface area (Å²) in [6.07, 6.45) is 3.28. The average molecular weight is 431 g/mol. The Kier molecular flexibility index (Phi) is 9.24. The maximum Gasteiger partial charge on any atom is 0.191 e. The quantitative estimate of drug-likeness (QED) is 0.362. The van der Waals surface area contributed by atoms with E-state index >= 15 is 0 Å². The molecule has 0 radical (unpaired) electrons. The molecule has 1 aliphatic heterocycles. The number of guanidine groups is 1. The first-order valence-corrected chi connectivity index (χ1v) is 10.9. The predicted octanol–water partition coefficient (Wildman–Crippen LogP) is 3.70. The lowest BCUT2D eigenvalue weighted by Crippen LogP contribution is -2.38. The van der Waals surface area contributed by atoms with Gasteiger partial charge in [0.1, 0.15) is 11.6 Å². The maximum atomic E-state index is 13.7. The molecule has 5 nitrogen and oxygen atoms in total. The van der Waals surface area contributed by atoms with E-state index < -0.39 is 11.6 Å². The number of hydrogen-bond acceptors (Lipinski definition) is 3. The van der Waals surface area contributed by atoms with Crippen LogP contribution < -0.4 is 10.6 Å². The fourth-order valence-corrected chi connectivity index (χ4v) is 3.68. The normalized spacial score (nSPS) is 15.8. The highest BCUT2D eigenvalue weighted by Crippen LogP contribution is 2.16. The van der Waals surface area contributed by atoms with Crippen molar-refractivity contribution >= 4 is 5.96 Å². The Morgan fingerprint density at radius 2 is 1.87 bits per heavy atom. The molecule has 0 amide bonds. The van der Waals surface area contributed by atoms with E-state index in [0.717, 1.165) is 51.0 Å². The van der Waals surface area contributed by atoms with Crippen LogP contribution in [-0.2, 0) is 17.8 Å². The van der Waals surface area contributed by atoms with Crippen molar-refractivity contribution in [2.45, 2.75) is 38.5 Å². The smallest absolute Gasteiger partial charge is 0.191 e. The number of halogens is 2.